The van der Waals surface area contributed by atoms with Gasteiger partial charge in [-0.25, -0.2) is 4.98 Å². The van der Waals surface area contributed by atoms with Crippen LogP contribution in [0.5, 0.6) is 0 Å². The van der Waals surface area contributed by atoms with Gasteiger partial charge in [-0.2, -0.15) is 0 Å². The van der Waals surface area contributed by atoms with E-state index < -0.39 is 5.97 Å². The van der Waals surface area contributed by atoms with Gasteiger partial charge in [-0.1, -0.05) is 6.07 Å². The third kappa shape index (κ3) is 4.87. The number of carbonyl (C=O) groups is 3. The van der Waals surface area contributed by atoms with Gasteiger partial charge >= 0.3 is 5.97 Å². The molecule has 7 nitrogen and oxygen atoms in total. The maximum absolute atomic E-state index is 12.2. The molecule has 0 saturated heterocycles. The fraction of sp³-hybridized carbons (Fsp3) is 0.333. The number of thiazole rings is 1. The molecule has 0 aromatic carbocycles. The Balaban J connectivity index is 1.98. The normalized spacial score (nSPS) is 10.6. The summed E-state index contributed by atoms with van der Waals surface area (Å²) < 4.78 is 0. The zero-order chi connectivity index (χ0) is 17.7. The van der Waals surface area contributed by atoms with Gasteiger partial charge in [0.2, 0.25) is 5.91 Å². The lowest BCUT2D eigenvalue weighted by molar-refractivity contribution is -0.145. The number of aromatic nitrogens is 1. The maximum atomic E-state index is 12.2. The lowest BCUT2D eigenvalue weighted by atomic mass is 10.2. The summed E-state index contributed by atoms with van der Waals surface area (Å²) in [6.45, 7) is 3.17. The highest BCUT2D eigenvalue weighted by molar-refractivity contribution is 7.14. The predicted molar refractivity (Wildman–Crippen MR) is 92.6 cm³/mol. The van der Waals surface area contributed by atoms with Crippen molar-refractivity contribution in [3.8, 4) is 0 Å². The first kappa shape index (κ1) is 18.1. The van der Waals surface area contributed by atoms with E-state index in [0.717, 1.165) is 0 Å². The summed E-state index contributed by atoms with van der Waals surface area (Å²) in [5.74, 6) is -1.61. The van der Waals surface area contributed by atoms with Crippen LogP contribution in [0.4, 0.5) is 5.13 Å². The van der Waals surface area contributed by atoms with E-state index >= 15 is 0 Å². The molecule has 24 heavy (non-hydrogen) atoms. The molecule has 2 aromatic heterocycles. The third-order valence-corrected chi connectivity index (χ3v) is 4.77. The van der Waals surface area contributed by atoms with Crippen molar-refractivity contribution < 1.29 is 19.5 Å². The first-order chi connectivity index (χ1) is 11.4. The molecule has 0 aliphatic heterocycles. The molecule has 0 spiro atoms. The molecule has 2 N–H and O–H groups in total. The summed E-state index contributed by atoms with van der Waals surface area (Å²) in [5.41, 5.74) is 0.502. The van der Waals surface area contributed by atoms with Gasteiger partial charge in [-0.15, -0.1) is 22.7 Å². The Morgan fingerprint density at radius 3 is 2.67 bits per heavy atom. The number of thiophene rings is 1. The zero-order valence-corrected chi connectivity index (χ0v) is 14.8. The fourth-order valence-electron chi connectivity index (χ4n) is 1.97. The van der Waals surface area contributed by atoms with Crippen molar-refractivity contribution in [3.63, 3.8) is 0 Å². The average molecular weight is 367 g/mol. The third-order valence-electron chi connectivity index (χ3n) is 3.10. The number of carboxylic acid groups (broad SMARTS) is 1. The van der Waals surface area contributed by atoms with Gasteiger partial charge in [0.25, 0.3) is 5.91 Å². The molecule has 128 valence electrons. The smallest absolute Gasteiger partial charge is 0.323 e. The van der Waals surface area contributed by atoms with Gasteiger partial charge in [0.1, 0.15) is 6.54 Å². The highest BCUT2D eigenvalue weighted by Gasteiger charge is 2.21. The number of amides is 2. The number of carbonyl (C=O) groups excluding carboxylic acids is 2. The van der Waals surface area contributed by atoms with E-state index in [2.05, 4.69) is 10.3 Å². The van der Waals surface area contributed by atoms with Crippen LogP contribution >= 0.6 is 22.7 Å². The Labute approximate surface area is 146 Å². The number of hydrogen-bond donors (Lipinski definition) is 2. The van der Waals surface area contributed by atoms with E-state index in [-0.39, 0.29) is 30.8 Å². The van der Waals surface area contributed by atoms with E-state index in [1.807, 2.05) is 5.38 Å². The number of nitrogens with zero attached hydrogens (tertiary/aromatic N) is 2. The number of aliphatic carboxylic acids is 1. The van der Waals surface area contributed by atoms with Gasteiger partial charge < -0.3 is 10.0 Å². The summed E-state index contributed by atoms with van der Waals surface area (Å²) in [4.78, 5) is 41.1. The first-order valence-electron chi connectivity index (χ1n) is 7.17. The second-order valence-corrected chi connectivity index (χ2v) is 7.07. The molecule has 0 saturated carbocycles. The van der Waals surface area contributed by atoms with Gasteiger partial charge in [-0.05, 0) is 25.3 Å². The van der Waals surface area contributed by atoms with Crippen molar-refractivity contribution in [3.05, 3.63) is 33.5 Å². The SMILES string of the molecule is CC(C)N(CC(=O)O)C(=O)Cc1csc(NC(=O)c2cccs2)n1. The minimum atomic E-state index is -1.06. The predicted octanol–water partition coefficient (Wildman–Crippen LogP) is 2.32. The minimum absolute atomic E-state index is 0.00314. The molecular weight excluding hydrogens is 350 g/mol. The van der Waals surface area contributed by atoms with Crippen molar-refractivity contribution in [1.29, 1.82) is 0 Å². The molecular formula is C15H17N3O4S2. The largest absolute Gasteiger partial charge is 0.480 e. The van der Waals surface area contributed by atoms with Crippen LogP contribution in [-0.4, -0.2) is 45.4 Å². The molecule has 2 heterocycles. The van der Waals surface area contributed by atoms with Crippen molar-refractivity contribution in [2.75, 3.05) is 11.9 Å². The molecule has 0 bridgehead atoms. The molecule has 0 radical (unpaired) electrons. The van der Waals surface area contributed by atoms with Gasteiger partial charge in [0, 0.05) is 11.4 Å². The lowest BCUT2D eigenvalue weighted by Gasteiger charge is -2.24. The van der Waals surface area contributed by atoms with Crippen LogP contribution in [0.2, 0.25) is 0 Å². The molecule has 0 aliphatic rings. The quantitative estimate of drug-likeness (QED) is 0.782. The summed E-state index contributed by atoms with van der Waals surface area (Å²) in [5, 5.41) is 15.5. The van der Waals surface area contributed by atoms with E-state index in [0.29, 0.717) is 15.7 Å². The first-order valence-corrected chi connectivity index (χ1v) is 8.93. The van der Waals surface area contributed by atoms with Crippen molar-refractivity contribution >= 4 is 45.6 Å². The minimum Gasteiger partial charge on any atom is -0.480 e. The molecule has 0 unspecified atom stereocenters. The van der Waals surface area contributed by atoms with Crippen LogP contribution in [0.3, 0.4) is 0 Å². The molecule has 0 aliphatic carbocycles. The van der Waals surface area contributed by atoms with Crippen LogP contribution in [-0.2, 0) is 16.0 Å². The summed E-state index contributed by atoms with van der Waals surface area (Å²) in [7, 11) is 0. The van der Waals surface area contributed by atoms with Crippen LogP contribution in [0, 0.1) is 0 Å². The standard InChI is InChI=1S/C15H17N3O4S2/c1-9(2)18(7-13(20)21)12(19)6-10-8-24-15(16-10)17-14(22)11-4-3-5-23-11/h3-5,8-9H,6-7H2,1-2H3,(H,20,21)(H,16,17,22). The van der Waals surface area contributed by atoms with Crippen LogP contribution in [0.25, 0.3) is 0 Å². The summed E-state index contributed by atoms with van der Waals surface area (Å²) in [6, 6.07) is 3.28. The zero-order valence-electron chi connectivity index (χ0n) is 13.2. The second-order valence-electron chi connectivity index (χ2n) is 5.26. The molecule has 2 rings (SSSR count). The van der Waals surface area contributed by atoms with E-state index in [1.165, 1.54) is 27.6 Å². The average Bonchev–Trinajstić information content (AvgIpc) is 3.16. The van der Waals surface area contributed by atoms with Crippen LogP contribution in [0.15, 0.2) is 22.9 Å². The number of anilines is 1. The Bertz CT molecular complexity index is 725. The monoisotopic (exact) mass is 367 g/mol. The van der Waals surface area contributed by atoms with E-state index in [9.17, 15) is 14.4 Å². The Morgan fingerprint density at radius 2 is 2.08 bits per heavy atom. The van der Waals surface area contributed by atoms with E-state index in [1.54, 1.807) is 31.4 Å². The lowest BCUT2D eigenvalue weighted by Crippen LogP contribution is -2.41. The Kier molecular flexibility index (Phi) is 6.04. The Hall–Kier alpha value is -2.26. The van der Waals surface area contributed by atoms with Gasteiger partial charge in [0.05, 0.1) is 17.0 Å². The van der Waals surface area contributed by atoms with Crippen LogP contribution < -0.4 is 5.32 Å². The molecule has 0 fully saturated rings. The molecule has 0 atom stereocenters. The number of nitrogens with one attached hydrogen (secondary N) is 1. The maximum Gasteiger partial charge on any atom is 0.323 e. The summed E-state index contributed by atoms with van der Waals surface area (Å²) >= 11 is 2.55. The van der Waals surface area contributed by atoms with Gasteiger partial charge in [-0.3, -0.25) is 19.7 Å². The second kappa shape index (κ2) is 8.02. The molecule has 2 aromatic rings. The molecule has 2 amide bonds. The summed E-state index contributed by atoms with van der Waals surface area (Å²) in [6.07, 6.45) is -0.00314. The van der Waals surface area contributed by atoms with Gasteiger partial charge in [0.15, 0.2) is 5.13 Å². The fourth-order valence-corrected chi connectivity index (χ4v) is 3.30. The highest BCUT2D eigenvalue weighted by Crippen LogP contribution is 2.19. The molecule has 9 heteroatoms. The Morgan fingerprint density at radius 1 is 1.33 bits per heavy atom. The van der Waals surface area contributed by atoms with Crippen LogP contribution in [0.1, 0.15) is 29.2 Å². The number of hydrogen-bond acceptors (Lipinski definition) is 6. The van der Waals surface area contributed by atoms with Crippen molar-refractivity contribution in [2.45, 2.75) is 26.3 Å². The van der Waals surface area contributed by atoms with E-state index in [4.69, 9.17) is 5.11 Å². The number of carboxylic acids is 1. The number of rotatable bonds is 7. The van der Waals surface area contributed by atoms with Crippen molar-refractivity contribution in [1.82, 2.24) is 9.88 Å². The highest BCUT2D eigenvalue weighted by atomic mass is 32.1. The topological polar surface area (TPSA) is 99.6 Å². The van der Waals surface area contributed by atoms with Crippen molar-refractivity contribution in [2.24, 2.45) is 0 Å².